The molecule has 1 unspecified atom stereocenters. The molecule has 0 saturated heterocycles. The van der Waals surface area contributed by atoms with E-state index in [9.17, 15) is 0 Å². The van der Waals surface area contributed by atoms with Crippen LogP contribution in [0.1, 0.15) is 68.1 Å². The van der Waals surface area contributed by atoms with Gasteiger partial charge in [0.2, 0.25) is 5.89 Å². The van der Waals surface area contributed by atoms with E-state index < -0.39 is 0 Å². The van der Waals surface area contributed by atoms with E-state index in [1.165, 1.54) is 37.7 Å². The van der Waals surface area contributed by atoms with Gasteiger partial charge in [-0.1, -0.05) is 43.5 Å². The van der Waals surface area contributed by atoms with Gasteiger partial charge in [-0.15, -0.1) is 0 Å². The van der Waals surface area contributed by atoms with Crippen LogP contribution < -0.4 is 5.73 Å². The van der Waals surface area contributed by atoms with Crippen molar-refractivity contribution in [2.24, 2.45) is 0 Å². The molecule has 1 aliphatic rings. The first-order valence-corrected chi connectivity index (χ1v) is 7.90. The molecule has 1 aromatic carbocycles. The van der Waals surface area contributed by atoms with Gasteiger partial charge < -0.3 is 10.3 Å². The Morgan fingerprint density at radius 2 is 1.90 bits per heavy atom. The highest BCUT2D eigenvalue weighted by Gasteiger charge is 2.21. The average molecular weight is 285 g/mol. The minimum Gasteiger partial charge on any atom is -0.399 e. The van der Waals surface area contributed by atoms with Crippen LogP contribution in [0.25, 0.3) is 0 Å². The zero-order valence-electron chi connectivity index (χ0n) is 12.6. The number of aromatic nitrogens is 2. The molecule has 1 fully saturated rings. The summed E-state index contributed by atoms with van der Waals surface area (Å²) in [4.78, 5) is 4.61. The Labute approximate surface area is 125 Å². The van der Waals surface area contributed by atoms with Crippen LogP contribution >= 0.6 is 0 Å². The van der Waals surface area contributed by atoms with Crippen molar-refractivity contribution in [1.82, 2.24) is 10.1 Å². The molecular formula is C17H23N3O. The lowest BCUT2D eigenvalue weighted by molar-refractivity contribution is 0.353. The van der Waals surface area contributed by atoms with Crippen LogP contribution in [0.3, 0.4) is 0 Å². The fourth-order valence-electron chi connectivity index (χ4n) is 3.08. The predicted molar refractivity (Wildman–Crippen MR) is 83.1 cm³/mol. The van der Waals surface area contributed by atoms with Crippen LogP contribution in [-0.4, -0.2) is 10.1 Å². The Kier molecular flexibility index (Phi) is 4.23. The van der Waals surface area contributed by atoms with E-state index >= 15 is 0 Å². The van der Waals surface area contributed by atoms with Gasteiger partial charge in [-0.25, -0.2) is 0 Å². The molecule has 2 N–H and O–H groups in total. The number of nitrogen functional groups attached to an aromatic ring is 1. The topological polar surface area (TPSA) is 64.9 Å². The van der Waals surface area contributed by atoms with Crippen molar-refractivity contribution in [3.63, 3.8) is 0 Å². The van der Waals surface area contributed by atoms with Gasteiger partial charge in [-0.05, 0) is 36.5 Å². The van der Waals surface area contributed by atoms with E-state index in [2.05, 4.69) is 29.2 Å². The summed E-state index contributed by atoms with van der Waals surface area (Å²) >= 11 is 0. The lowest BCUT2D eigenvalue weighted by Gasteiger charge is -2.17. The van der Waals surface area contributed by atoms with Crippen molar-refractivity contribution in [3.05, 3.63) is 41.5 Å². The van der Waals surface area contributed by atoms with Crippen molar-refractivity contribution in [1.29, 1.82) is 0 Å². The molecule has 4 heteroatoms. The minimum absolute atomic E-state index is 0.352. The molecule has 2 aromatic rings. The molecule has 1 aromatic heterocycles. The summed E-state index contributed by atoms with van der Waals surface area (Å²) in [5.41, 5.74) is 7.77. The number of rotatable bonds is 4. The van der Waals surface area contributed by atoms with Gasteiger partial charge in [0.25, 0.3) is 0 Å². The second-order valence-electron chi connectivity index (χ2n) is 6.15. The average Bonchev–Trinajstić information content (AvgIpc) is 2.97. The van der Waals surface area contributed by atoms with Crippen LogP contribution in [0.4, 0.5) is 5.69 Å². The smallest absolute Gasteiger partial charge is 0.227 e. The largest absolute Gasteiger partial charge is 0.399 e. The lowest BCUT2D eigenvalue weighted by Crippen LogP contribution is -2.06. The van der Waals surface area contributed by atoms with Crippen molar-refractivity contribution in [2.75, 3.05) is 5.73 Å². The second-order valence-corrected chi connectivity index (χ2v) is 6.15. The SMILES string of the molecule is CC(Cc1nc(C2CCCCC2)no1)c1ccc(N)cc1. The minimum atomic E-state index is 0.352. The predicted octanol–water partition coefficient (Wildman–Crippen LogP) is 4.05. The first kappa shape index (κ1) is 14.1. The van der Waals surface area contributed by atoms with Gasteiger partial charge in [0.05, 0.1) is 0 Å². The third kappa shape index (κ3) is 3.43. The molecule has 0 aliphatic heterocycles. The maximum atomic E-state index is 5.72. The van der Waals surface area contributed by atoms with Gasteiger partial charge in [-0.2, -0.15) is 4.98 Å². The van der Waals surface area contributed by atoms with Crippen LogP contribution in [0.5, 0.6) is 0 Å². The molecule has 112 valence electrons. The zero-order valence-corrected chi connectivity index (χ0v) is 12.6. The number of anilines is 1. The molecule has 1 saturated carbocycles. The first-order valence-electron chi connectivity index (χ1n) is 7.90. The molecule has 3 rings (SSSR count). The van der Waals surface area contributed by atoms with Gasteiger partial charge >= 0.3 is 0 Å². The van der Waals surface area contributed by atoms with Crippen molar-refractivity contribution in [2.45, 2.75) is 57.3 Å². The molecule has 4 nitrogen and oxygen atoms in total. The molecule has 0 bridgehead atoms. The fraction of sp³-hybridized carbons (Fsp3) is 0.529. The van der Waals surface area contributed by atoms with Crippen LogP contribution in [0, 0.1) is 0 Å². The monoisotopic (exact) mass is 285 g/mol. The van der Waals surface area contributed by atoms with Crippen LogP contribution in [0.15, 0.2) is 28.8 Å². The Balaban J connectivity index is 1.64. The number of hydrogen-bond acceptors (Lipinski definition) is 4. The normalized spacial score (nSPS) is 17.8. The third-order valence-electron chi connectivity index (χ3n) is 4.44. The maximum Gasteiger partial charge on any atom is 0.227 e. The van der Waals surface area contributed by atoms with E-state index in [1.54, 1.807) is 0 Å². The Hall–Kier alpha value is -1.84. The summed E-state index contributed by atoms with van der Waals surface area (Å²) in [6.45, 7) is 2.18. The highest BCUT2D eigenvalue weighted by atomic mass is 16.5. The van der Waals surface area contributed by atoms with Gasteiger partial charge in [-0.3, -0.25) is 0 Å². The van der Waals surface area contributed by atoms with Gasteiger partial charge in [0.1, 0.15) is 0 Å². The Morgan fingerprint density at radius 1 is 1.19 bits per heavy atom. The molecule has 0 spiro atoms. The van der Waals surface area contributed by atoms with E-state index in [-0.39, 0.29) is 0 Å². The van der Waals surface area contributed by atoms with Crippen LogP contribution in [0.2, 0.25) is 0 Å². The fourth-order valence-corrected chi connectivity index (χ4v) is 3.08. The first-order chi connectivity index (χ1) is 10.2. The molecule has 1 aliphatic carbocycles. The maximum absolute atomic E-state index is 5.72. The van der Waals surface area contributed by atoms with Crippen molar-refractivity contribution < 1.29 is 4.52 Å². The number of hydrogen-bond donors (Lipinski definition) is 1. The quantitative estimate of drug-likeness (QED) is 0.861. The number of benzene rings is 1. The molecule has 21 heavy (non-hydrogen) atoms. The van der Waals surface area contributed by atoms with E-state index in [0.717, 1.165) is 23.8 Å². The number of nitrogens with two attached hydrogens (primary N) is 1. The molecule has 0 radical (unpaired) electrons. The number of nitrogens with zero attached hydrogens (tertiary/aromatic N) is 2. The van der Waals surface area contributed by atoms with E-state index in [0.29, 0.717) is 11.8 Å². The third-order valence-corrected chi connectivity index (χ3v) is 4.44. The summed E-state index contributed by atoms with van der Waals surface area (Å²) in [6, 6.07) is 8.01. The summed E-state index contributed by atoms with van der Waals surface area (Å²) in [5, 5.41) is 4.19. The molecule has 0 amide bonds. The van der Waals surface area contributed by atoms with Gasteiger partial charge in [0, 0.05) is 18.0 Å². The highest BCUT2D eigenvalue weighted by molar-refractivity contribution is 5.40. The van der Waals surface area contributed by atoms with Gasteiger partial charge in [0.15, 0.2) is 5.82 Å². The molecular weight excluding hydrogens is 262 g/mol. The van der Waals surface area contributed by atoms with E-state index in [1.807, 2.05) is 12.1 Å². The molecule has 1 atom stereocenters. The summed E-state index contributed by atoms with van der Waals surface area (Å²) in [6.07, 6.45) is 7.10. The zero-order chi connectivity index (χ0) is 14.7. The van der Waals surface area contributed by atoms with E-state index in [4.69, 9.17) is 10.3 Å². The summed E-state index contributed by atoms with van der Waals surface area (Å²) in [7, 11) is 0. The Morgan fingerprint density at radius 3 is 2.62 bits per heavy atom. The van der Waals surface area contributed by atoms with Crippen molar-refractivity contribution >= 4 is 5.69 Å². The Bertz CT molecular complexity index is 570. The summed E-state index contributed by atoms with van der Waals surface area (Å²) in [5.74, 6) is 2.52. The standard InChI is InChI=1S/C17H23N3O/c1-12(13-7-9-15(18)10-8-13)11-16-19-17(20-21-16)14-5-3-2-4-6-14/h7-10,12,14H,2-6,11,18H2,1H3. The van der Waals surface area contributed by atoms with Crippen molar-refractivity contribution in [3.8, 4) is 0 Å². The lowest BCUT2D eigenvalue weighted by atomic mass is 9.89. The van der Waals surface area contributed by atoms with Crippen LogP contribution in [-0.2, 0) is 6.42 Å². The molecule has 1 heterocycles. The highest BCUT2D eigenvalue weighted by Crippen LogP contribution is 2.31. The second kappa shape index (κ2) is 6.29. The summed E-state index contributed by atoms with van der Waals surface area (Å²) < 4.78 is 5.45.